The number of hydrogen-bond donors (Lipinski definition) is 1. The molecular formula is C7H13N. The molecule has 46 valence electrons. The summed E-state index contributed by atoms with van der Waals surface area (Å²) in [6.07, 6.45) is 5.68. The summed E-state index contributed by atoms with van der Waals surface area (Å²) < 4.78 is 0. The van der Waals surface area contributed by atoms with Gasteiger partial charge >= 0.3 is 0 Å². The maximum absolute atomic E-state index is 3.60. The second kappa shape index (κ2) is 1.27. The Morgan fingerprint density at radius 2 is 2.00 bits per heavy atom. The minimum absolute atomic E-state index is 0.560. The maximum atomic E-state index is 3.60. The average Bonchev–Trinajstić information content (AvgIpc) is 2.21. The van der Waals surface area contributed by atoms with Crippen LogP contribution in [0.15, 0.2) is 0 Å². The average molecular weight is 111 g/mol. The van der Waals surface area contributed by atoms with E-state index in [2.05, 4.69) is 12.2 Å². The third kappa shape index (κ3) is 0.510. The standard InChI is InChI=1S/C7H13N/c1-7-4-2-6(8-7)3-5-7/h6,8H,2-5H2,1H3/t6-,7+. The van der Waals surface area contributed by atoms with Gasteiger partial charge in [0.1, 0.15) is 0 Å². The van der Waals surface area contributed by atoms with Gasteiger partial charge in [0.25, 0.3) is 0 Å². The van der Waals surface area contributed by atoms with Crippen LogP contribution in [-0.4, -0.2) is 11.6 Å². The lowest BCUT2D eigenvalue weighted by Crippen LogP contribution is -2.31. The van der Waals surface area contributed by atoms with Gasteiger partial charge < -0.3 is 5.32 Å². The van der Waals surface area contributed by atoms with Crippen molar-refractivity contribution in [3.8, 4) is 0 Å². The lowest BCUT2D eigenvalue weighted by molar-refractivity contribution is 0.426. The summed E-state index contributed by atoms with van der Waals surface area (Å²) in [6, 6.07) is 0.889. The van der Waals surface area contributed by atoms with Gasteiger partial charge in [0.05, 0.1) is 0 Å². The normalized spacial score (nSPS) is 52.9. The highest BCUT2D eigenvalue weighted by Gasteiger charge is 2.39. The summed E-state index contributed by atoms with van der Waals surface area (Å²) in [7, 11) is 0. The molecule has 2 aliphatic rings. The van der Waals surface area contributed by atoms with Gasteiger partial charge in [0.15, 0.2) is 0 Å². The van der Waals surface area contributed by atoms with Crippen LogP contribution in [-0.2, 0) is 0 Å². The molecule has 0 spiro atoms. The molecule has 0 aromatic rings. The summed E-state index contributed by atoms with van der Waals surface area (Å²) in [5, 5.41) is 3.60. The van der Waals surface area contributed by atoms with Crippen LogP contribution < -0.4 is 5.32 Å². The molecule has 2 bridgehead atoms. The molecule has 0 amide bonds. The van der Waals surface area contributed by atoms with Crippen molar-refractivity contribution in [2.45, 2.75) is 44.2 Å². The van der Waals surface area contributed by atoms with Crippen molar-refractivity contribution in [1.29, 1.82) is 0 Å². The summed E-state index contributed by atoms with van der Waals surface area (Å²) in [5.74, 6) is 0. The van der Waals surface area contributed by atoms with Crippen LogP contribution in [0.1, 0.15) is 32.6 Å². The van der Waals surface area contributed by atoms with Crippen LogP contribution in [0.3, 0.4) is 0 Å². The molecule has 1 N–H and O–H groups in total. The molecule has 8 heavy (non-hydrogen) atoms. The minimum Gasteiger partial charge on any atom is -0.309 e. The lowest BCUT2D eigenvalue weighted by atomic mass is 9.90. The second-order valence-electron chi connectivity index (χ2n) is 3.48. The van der Waals surface area contributed by atoms with Crippen LogP contribution >= 0.6 is 0 Å². The zero-order valence-electron chi connectivity index (χ0n) is 5.41. The van der Waals surface area contributed by atoms with E-state index in [9.17, 15) is 0 Å². The van der Waals surface area contributed by atoms with E-state index in [4.69, 9.17) is 0 Å². The van der Waals surface area contributed by atoms with Crippen molar-refractivity contribution >= 4 is 0 Å². The molecule has 2 fully saturated rings. The molecule has 0 aliphatic carbocycles. The van der Waals surface area contributed by atoms with Crippen molar-refractivity contribution in [3.05, 3.63) is 0 Å². The van der Waals surface area contributed by atoms with Crippen LogP contribution in [0.4, 0.5) is 0 Å². The van der Waals surface area contributed by atoms with E-state index in [1.165, 1.54) is 25.7 Å². The smallest absolute Gasteiger partial charge is 0.0157 e. The fraction of sp³-hybridized carbons (Fsp3) is 1.00. The molecule has 0 saturated carbocycles. The fourth-order valence-electron chi connectivity index (χ4n) is 2.04. The van der Waals surface area contributed by atoms with E-state index in [-0.39, 0.29) is 0 Å². The van der Waals surface area contributed by atoms with Crippen molar-refractivity contribution < 1.29 is 0 Å². The van der Waals surface area contributed by atoms with Crippen molar-refractivity contribution in [1.82, 2.24) is 5.32 Å². The second-order valence-corrected chi connectivity index (χ2v) is 3.48. The lowest BCUT2D eigenvalue weighted by Gasteiger charge is -2.18. The fourth-order valence-corrected chi connectivity index (χ4v) is 2.04. The maximum Gasteiger partial charge on any atom is 0.0157 e. The Hall–Kier alpha value is -0.0400. The van der Waals surface area contributed by atoms with Crippen molar-refractivity contribution in [2.75, 3.05) is 0 Å². The zero-order chi connectivity index (χ0) is 5.61. The first-order valence-electron chi connectivity index (χ1n) is 3.56. The van der Waals surface area contributed by atoms with Crippen LogP contribution in [0.2, 0.25) is 0 Å². The van der Waals surface area contributed by atoms with E-state index in [0.717, 1.165) is 6.04 Å². The number of fused-ring (bicyclic) bond motifs is 2. The summed E-state index contributed by atoms with van der Waals surface area (Å²) >= 11 is 0. The molecule has 2 rings (SSSR count). The first-order valence-corrected chi connectivity index (χ1v) is 3.56. The van der Waals surface area contributed by atoms with Crippen LogP contribution in [0, 0.1) is 0 Å². The summed E-state index contributed by atoms with van der Waals surface area (Å²) in [5.41, 5.74) is 0.560. The highest BCUT2D eigenvalue weighted by molar-refractivity contribution is 5.00. The molecule has 2 heterocycles. The predicted octanol–water partition coefficient (Wildman–Crippen LogP) is 1.29. The van der Waals surface area contributed by atoms with Crippen LogP contribution in [0.25, 0.3) is 0 Å². The molecule has 0 aromatic carbocycles. The molecule has 0 aromatic heterocycles. The first kappa shape index (κ1) is 4.80. The molecule has 1 heteroatoms. The summed E-state index contributed by atoms with van der Waals surface area (Å²) in [4.78, 5) is 0. The number of hydrogen-bond acceptors (Lipinski definition) is 1. The van der Waals surface area contributed by atoms with E-state index in [0.29, 0.717) is 5.54 Å². The Kier molecular flexibility index (Phi) is 0.762. The van der Waals surface area contributed by atoms with Gasteiger partial charge in [-0.25, -0.2) is 0 Å². The van der Waals surface area contributed by atoms with Gasteiger partial charge in [-0.2, -0.15) is 0 Å². The molecule has 0 radical (unpaired) electrons. The van der Waals surface area contributed by atoms with Crippen molar-refractivity contribution in [3.63, 3.8) is 0 Å². The molecule has 1 nitrogen and oxygen atoms in total. The highest BCUT2D eigenvalue weighted by Crippen LogP contribution is 2.36. The topological polar surface area (TPSA) is 12.0 Å². The van der Waals surface area contributed by atoms with Gasteiger partial charge in [-0.3, -0.25) is 0 Å². The van der Waals surface area contributed by atoms with Gasteiger partial charge in [0.2, 0.25) is 0 Å². The Morgan fingerprint density at radius 1 is 1.38 bits per heavy atom. The number of nitrogens with one attached hydrogen (secondary N) is 1. The molecule has 2 saturated heterocycles. The first-order chi connectivity index (χ1) is 3.79. The van der Waals surface area contributed by atoms with Gasteiger partial charge in [-0.15, -0.1) is 0 Å². The molecule has 0 atom stereocenters. The monoisotopic (exact) mass is 111 g/mol. The Bertz CT molecular complexity index is 101. The Balaban J connectivity index is 2.19. The summed E-state index contributed by atoms with van der Waals surface area (Å²) in [6.45, 7) is 2.35. The molecule has 2 aliphatic heterocycles. The third-order valence-corrected chi connectivity index (χ3v) is 2.64. The van der Waals surface area contributed by atoms with Crippen molar-refractivity contribution in [2.24, 2.45) is 0 Å². The minimum atomic E-state index is 0.560. The quantitative estimate of drug-likeness (QED) is 0.496. The molecular weight excluding hydrogens is 98.1 g/mol. The van der Waals surface area contributed by atoms with Gasteiger partial charge in [-0.05, 0) is 32.6 Å². The van der Waals surface area contributed by atoms with Gasteiger partial charge in [0, 0.05) is 11.6 Å². The van der Waals surface area contributed by atoms with E-state index in [1.807, 2.05) is 0 Å². The number of rotatable bonds is 0. The van der Waals surface area contributed by atoms with E-state index in [1.54, 1.807) is 0 Å². The van der Waals surface area contributed by atoms with E-state index >= 15 is 0 Å². The highest BCUT2D eigenvalue weighted by atomic mass is 15.1. The van der Waals surface area contributed by atoms with Crippen LogP contribution in [0.5, 0.6) is 0 Å². The Morgan fingerprint density at radius 3 is 2.12 bits per heavy atom. The molecule has 0 unspecified atom stereocenters. The van der Waals surface area contributed by atoms with Gasteiger partial charge in [-0.1, -0.05) is 0 Å². The predicted molar refractivity (Wildman–Crippen MR) is 33.8 cm³/mol. The van der Waals surface area contributed by atoms with E-state index < -0.39 is 0 Å². The zero-order valence-corrected chi connectivity index (χ0v) is 5.41. The SMILES string of the molecule is C[C@]12CC[C@H](CC1)N2. The largest absolute Gasteiger partial charge is 0.309 e. The third-order valence-electron chi connectivity index (χ3n) is 2.64. The Labute approximate surface area is 50.5 Å².